The van der Waals surface area contributed by atoms with Gasteiger partial charge in [0.15, 0.2) is 5.96 Å². The second-order valence-electron chi connectivity index (χ2n) is 7.45. The highest BCUT2D eigenvalue weighted by Gasteiger charge is 2.27. The highest BCUT2D eigenvalue weighted by Crippen LogP contribution is 2.18. The van der Waals surface area contributed by atoms with Crippen LogP contribution in [0.3, 0.4) is 0 Å². The number of carbonyl (C=O) groups excluding carboxylic acids is 1. The zero-order valence-electron chi connectivity index (χ0n) is 18.4. The number of methoxy groups -OCH3 is 1. The molecule has 0 saturated carbocycles. The van der Waals surface area contributed by atoms with E-state index in [4.69, 9.17) is 9.73 Å². The van der Waals surface area contributed by atoms with Crippen LogP contribution in [0.2, 0.25) is 0 Å². The van der Waals surface area contributed by atoms with Gasteiger partial charge >= 0.3 is 5.97 Å². The smallest absolute Gasteiger partial charge is 0.308 e. The van der Waals surface area contributed by atoms with Crippen LogP contribution in [0.5, 0.6) is 0 Å². The van der Waals surface area contributed by atoms with Gasteiger partial charge in [-0.1, -0.05) is 37.3 Å². The van der Waals surface area contributed by atoms with Crippen molar-refractivity contribution in [1.82, 2.24) is 25.0 Å². The fourth-order valence-electron chi connectivity index (χ4n) is 3.72. The zero-order chi connectivity index (χ0) is 21.2. The molecule has 2 heterocycles. The molecular weight excluding hydrogens is 507 g/mol. The summed E-state index contributed by atoms with van der Waals surface area (Å²) in [6.45, 7) is 5.91. The van der Waals surface area contributed by atoms with E-state index in [0.717, 1.165) is 70.2 Å². The first kappa shape index (κ1) is 25.1. The number of hydrogen-bond donors (Lipinski definition) is 1. The summed E-state index contributed by atoms with van der Waals surface area (Å²) < 4.78 is 6.98. The van der Waals surface area contributed by atoms with Gasteiger partial charge in [-0.2, -0.15) is 0 Å². The molecule has 0 atom stereocenters. The maximum Gasteiger partial charge on any atom is 0.308 e. The molecular formula is C22H33IN6O2. The fraction of sp³-hybridized carbons (Fsp3) is 0.545. The van der Waals surface area contributed by atoms with Gasteiger partial charge in [0.1, 0.15) is 12.2 Å². The number of aryl methyl sites for hydroxylation is 1. The second kappa shape index (κ2) is 13.3. The Morgan fingerprint density at radius 2 is 2.00 bits per heavy atom. The van der Waals surface area contributed by atoms with Crippen molar-refractivity contribution < 1.29 is 9.53 Å². The van der Waals surface area contributed by atoms with Crippen LogP contribution in [0, 0.1) is 5.92 Å². The number of guanidine groups is 1. The van der Waals surface area contributed by atoms with Gasteiger partial charge in [-0.15, -0.1) is 34.2 Å². The molecule has 31 heavy (non-hydrogen) atoms. The van der Waals surface area contributed by atoms with Crippen molar-refractivity contribution in [3.63, 3.8) is 0 Å². The summed E-state index contributed by atoms with van der Waals surface area (Å²) in [4.78, 5) is 19.0. The van der Waals surface area contributed by atoms with Crippen LogP contribution in [0.25, 0.3) is 0 Å². The number of piperidine rings is 1. The summed E-state index contributed by atoms with van der Waals surface area (Å²) in [7, 11) is 1.46. The van der Waals surface area contributed by atoms with Crippen LogP contribution in [0.1, 0.15) is 31.2 Å². The normalized spacial score (nSPS) is 14.8. The second-order valence-corrected chi connectivity index (χ2v) is 7.45. The number of likely N-dealkylation sites (tertiary alicyclic amines) is 1. The Morgan fingerprint density at radius 1 is 1.26 bits per heavy atom. The lowest BCUT2D eigenvalue weighted by atomic mass is 9.97. The molecule has 1 fully saturated rings. The molecule has 1 N–H and O–H groups in total. The van der Waals surface area contributed by atoms with Crippen LogP contribution in [0.15, 0.2) is 41.7 Å². The van der Waals surface area contributed by atoms with Crippen molar-refractivity contribution in [1.29, 1.82) is 0 Å². The van der Waals surface area contributed by atoms with E-state index in [9.17, 15) is 4.79 Å². The zero-order valence-corrected chi connectivity index (χ0v) is 20.7. The molecule has 9 heteroatoms. The number of nitrogens with zero attached hydrogens (tertiary/aromatic N) is 5. The lowest BCUT2D eigenvalue weighted by molar-refractivity contribution is -0.146. The Balaban J connectivity index is 0.00000341. The first-order chi connectivity index (χ1) is 14.7. The Kier molecular flexibility index (Phi) is 10.8. The first-order valence-electron chi connectivity index (χ1n) is 10.7. The molecule has 0 radical (unpaired) electrons. The standard InChI is InChI=1S/C22H32N6O2.HI/c1-3-20-26-25-17-28(20)16-13-24-22(23-12-9-18-7-5-4-6-8-18)27-14-10-19(11-15-27)21(29)30-2;/h4-8,17,19H,3,9-16H2,1-2H3,(H,23,24);1H. The van der Waals surface area contributed by atoms with Gasteiger partial charge < -0.3 is 19.5 Å². The molecule has 1 aliphatic rings. The number of hydrogen-bond acceptors (Lipinski definition) is 5. The third-order valence-corrected chi connectivity index (χ3v) is 5.48. The summed E-state index contributed by atoms with van der Waals surface area (Å²) in [5, 5.41) is 11.6. The van der Waals surface area contributed by atoms with Crippen LogP contribution < -0.4 is 5.32 Å². The first-order valence-corrected chi connectivity index (χ1v) is 10.7. The molecule has 2 aromatic rings. The summed E-state index contributed by atoms with van der Waals surface area (Å²) >= 11 is 0. The minimum absolute atomic E-state index is 0. The van der Waals surface area contributed by atoms with Crippen molar-refractivity contribution >= 4 is 35.9 Å². The number of aliphatic imine (C=N–C) groups is 1. The van der Waals surface area contributed by atoms with E-state index in [0.29, 0.717) is 0 Å². The van der Waals surface area contributed by atoms with Crippen molar-refractivity contribution in [2.24, 2.45) is 10.9 Å². The van der Waals surface area contributed by atoms with Crippen molar-refractivity contribution in [3.05, 3.63) is 48.0 Å². The van der Waals surface area contributed by atoms with E-state index >= 15 is 0 Å². The van der Waals surface area contributed by atoms with E-state index in [1.807, 2.05) is 6.07 Å². The Morgan fingerprint density at radius 3 is 2.68 bits per heavy atom. The molecule has 0 unspecified atom stereocenters. The minimum atomic E-state index is -0.107. The van der Waals surface area contributed by atoms with Crippen molar-refractivity contribution in [3.8, 4) is 0 Å². The third kappa shape index (κ3) is 7.48. The Labute approximate surface area is 201 Å². The number of benzene rings is 1. The van der Waals surface area contributed by atoms with Crippen LogP contribution in [0.4, 0.5) is 0 Å². The summed E-state index contributed by atoms with van der Waals surface area (Å²) in [6, 6.07) is 10.4. The van der Waals surface area contributed by atoms with E-state index in [2.05, 4.69) is 56.2 Å². The molecule has 0 bridgehead atoms. The summed E-state index contributed by atoms with van der Waals surface area (Å²) in [5.74, 6) is 1.77. The fourth-order valence-corrected chi connectivity index (χ4v) is 3.72. The average molecular weight is 540 g/mol. The van der Waals surface area contributed by atoms with Crippen LogP contribution in [-0.4, -0.2) is 64.9 Å². The lowest BCUT2D eigenvalue weighted by Crippen LogP contribution is -2.47. The molecule has 3 rings (SSSR count). The molecule has 8 nitrogen and oxygen atoms in total. The Hall–Kier alpha value is -2.17. The van der Waals surface area contributed by atoms with Gasteiger partial charge in [0.25, 0.3) is 0 Å². The number of carbonyl (C=O) groups is 1. The average Bonchev–Trinajstić information content (AvgIpc) is 3.26. The van der Waals surface area contributed by atoms with Gasteiger partial charge in [-0.3, -0.25) is 9.79 Å². The quantitative estimate of drug-likeness (QED) is 0.240. The summed E-state index contributed by atoms with van der Waals surface area (Å²) in [5.41, 5.74) is 1.28. The van der Waals surface area contributed by atoms with Gasteiger partial charge in [0.2, 0.25) is 0 Å². The monoisotopic (exact) mass is 540 g/mol. The predicted octanol–water partition coefficient (Wildman–Crippen LogP) is 2.53. The number of aromatic nitrogens is 3. The summed E-state index contributed by atoms with van der Waals surface area (Å²) in [6.07, 6.45) is 5.11. The van der Waals surface area contributed by atoms with Crippen molar-refractivity contribution in [2.45, 2.75) is 39.2 Å². The SMILES string of the molecule is CCc1nncn1CCNC(=NCCc1ccccc1)N1CCC(C(=O)OC)CC1.I. The maximum atomic E-state index is 11.8. The molecule has 1 saturated heterocycles. The highest BCUT2D eigenvalue weighted by molar-refractivity contribution is 14.0. The molecule has 170 valence electrons. The molecule has 1 aliphatic heterocycles. The number of rotatable bonds is 8. The van der Waals surface area contributed by atoms with Gasteiger partial charge in [-0.25, -0.2) is 0 Å². The molecule has 0 amide bonds. The topological polar surface area (TPSA) is 84.6 Å². The van der Waals surface area contributed by atoms with Gasteiger partial charge in [0, 0.05) is 39.1 Å². The van der Waals surface area contributed by atoms with Crippen LogP contribution >= 0.6 is 24.0 Å². The van der Waals surface area contributed by atoms with Gasteiger partial charge in [-0.05, 0) is 24.8 Å². The minimum Gasteiger partial charge on any atom is -0.469 e. The largest absolute Gasteiger partial charge is 0.469 e. The third-order valence-electron chi connectivity index (χ3n) is 5.48. The Bertz CT molecular complexity index is 818. The van der Waals surface area contributed by atoms with E-state index in [1.54, 1.807) is 6.33 Å². The molecule has 0 spiro atoms. The van der Waals surface area contributed by atoms with Crippen molar-refractivity contribution in [2.75, 3.05) is 33.3 Å². The van der Waals surface area contributed by atoms with Gasteiger partial charge in [0.05, 0.1) is 13.0 Å². The number of nitrogens with one attached hydrogen (secondary N) is 1. The highest BCUT2D eigenvalue weighted by atomic mass is 127. The van der Waals surface area contributed by atoms with E-state index in [-0.39, 0.29) is 35.9 Å². The van der Waals surface area contributed by atoms with E-state index in [1.165, 1.54) is 12.7 Å². The predicted molar refractivity (Wildman–Crippen MR) is 132 cm³/mol. The number of ether oxygens (including phenoxy) is 1. The number of halogens is 1. The maximum absolute atomic E-state index is 11.8. The molecule has 0 aliphatic carbocycles. The molecule has 1 aromatic carbocycles. The number of esters is 1. The van der Waals surface area contributed by atoms with E-state index < -0.39 is 0 Å². The molecule has 1 aromatic heterocycles. The lowest BCUT2D eigenvalue weighted by Gasteiger charge is -2.33. The van der Waals surface area contributed by atoms with Crippen LogP contribution in [-0.2, 0) is 28.9 Å².